The fraction of sp³-hybridized carbons (Fsp3) is 0.810. The summed E-state index contributed by atoms with van der Waals surface area (Å²) in [6, 6.07) is 0. The predicted molar refractivity (Wildman–Crippen MR) is 102 cm³/mol. The first-order chi connectivity index (χ1) is 11.7. The summed E-state index contributed by atoms with van der Waals surface area (Å²) in [6.07, 6.45) is 15.3. The van der Waals surface area contributed by atoms with Crippen molar-refractivity contribution in [2.45, 2.75) is 70.9 Å². The maximum Gasteiger partial charge on any atom is 0.155 e. The van der Waals surface area contributed by atoms with Gasteiger partial charge in [0.05, 0.1) is 0 Å². The first-order valence-corrected chi connectivity index (χ1v) is 11.8. The van der Waals surface area contributed by atoms with Crippen LogP contribution < -0.4 is 0 Å². The number of aldehydes is 1. The highest BCUT2D eigenvalue weighted by molar-refractivity contribution is 7.67. The summed E-state index contributed by atoms with van der Waals surface area (Å²) in [4.78, 5) is 20.5. The zero-order chi connectivity index (χ0) is 17.3. The normalized spacial score (nSPS) is 44.0. The molecule has 5 aliphatic rings. The van der Waals surface area contributed by atoms with Crippen LogP contribution >= 0.6 is 7.92 Å². The zero-order valence-electron chi connectivity index (χ0n) is 15.6. The van der Waals surface area contributed by atoms with E-state index in [9.17, 15) is 4.79 Å². The second-order valence-corrected chi connectivity index (χ2v) is 10.6. The summed E-state index contributed by atoms with van der Waals surface area (Å²) in [5, 5.41) is 0.905. The van der Waals surface area contributed by atoms with Crippen molar-refractivity contribution in [3.63, 3.8) is 0 Å². The number of fused-ring (bicyclic) bond motifs is 4. The SMILES string of the molecule is CC.CC=O.O=C1C=C2CCC3C(CCC45CP4CCC35)C2CC1. The summed E-state index contributed by atoms with van der Waals surface area (Å²) < 4.78 is 0. The molecule has 0 N–H and O–H groups in total. The Morgan fingerprint density at radius 1 is 1.12 bits per heavy atom. The van der Waals surface area contributed by atoms with E-state index < -0.39 is 0 Å². The molecule has 0 aromatic rings. The molecular weight excluding hydrogens is 315 g/mol. The molecule has 3 heteroatoms. The third-order valence-corrected chi connectivity index (χ3v) is 10.5. The van der Waals surface area contributed by atoms with E-state index in [1.807, 2.05) is 19.9 Å². The van der Waals surface area contributed by atoms with Gasteiger partial charge in [0.2, 0.25) is 0 Å². The molecule has 6 unspecified atom stereocenters. The van der Waals surface area contributed by atoms with E-state index in [-0.39, 0.29) is 0 Å². The maximum atomic E-state index is 11.6. The number of hydrogen-bond acceptors (Lipinski definition) is 2. The van der Waals surface area contributed by atoms with Crippen LogP contribution in [0.3, 0.4) is 0 Å². The number of rotatable bonds is 0. The molecule has 134 valence electrons. The molecule has 2 heterocycles. The highest BCUT2D eigenvalue weighted by atomic mass is 31.1. The highest BCUT2D eigenvalue weighted by Gasteiger charge is 2.66. The molecule has 0 radical (unpaired) electrons. The van der Waals surface area contributed by atoms with Gasteiger partial charge in [-0.15, -0.1) is 0 Å². The summed E-state index contributed by atoms with van der Waals surface area (Å²) >= 11 is 0. The second kappa shape index (κ2) is 7.40. The molecule has 2 aliphatic heterocycles. The van der Waals surface area contributed by atoms with Crippen LogP contribution in [-0.2, 0) is 9.59 Å². The minimum Gasteiger partial charge on any atom is -0.304 e. The Morgan fingerprint density at radius 2 is 1.88 bits per heavy atom. The van der Waals surface area contributed by atoms with E-state index in [0.29, 0.717) is 13.7 Å². The van der Waals surface area contributed by atoms with Crippen LogP contribution in [0.1, 0.15) is 65.7 Å². The quantitative estimate of drug-likeness (QED) is 0.445. The minimum absolute atomic E-state index is 0.406. The van der Waals surface area contributed by atoms with Gasteiger partial charge in [-0.3, -0.25) is 4.79 Å². The summed E-state index contributed by atoms with van der Waals surface area (Å²) in [6.45, 7) is 5.44. The topological polar surface area (TPSA) is 34.1 Å². The first-order valence-electron chi connectivity index (χ1n) is 10.1. The van der Waals surface area contributed by atoms with Gasteiger partial charge >= 0.3 is 0 Å². The standard InChI is InChI=1S/C17H23OP.C2H4O.C2H6/c18-12-2-4-13-11(9-12)1-3-15-14(13)5-7-17-10-19(17)8-6-16(15)17;1-2-3;1-2/h9,13-16H,1-8,10H2;2H,1H3;1-2H3. The Bertz CT molecular complexity index is 526. The molecule has 5 rings (SSSR count). The zero-order valence-corrected chi connectivity index (χ0v) is 16.5. The number of hydrogen-bond donors (Lipinski definition) is 0. The van der Waals surface area contributed by atoms with Crippen LogP contribution in [0.25, 0.3) is 0 Å². The third kappa shape index (κ3) is 2.94. The monoisotopic (exact) mass is 348 g/mol. The molecule has 2 saturated carbocycles. The average molecular weight is 348 g/mol. The van der Waals surface area contributed by atoms with Crippen LogP contribution in [-0.4, -0.2) is 29.5 Å². The van der Waals surface area contributed by atoms with E-state index in [2.05, 4.69) is 0 Å². The molecule has 2 nitrogen and oxygen atoms in total. The Kier molecular flexibility index (Phi) is 5.65. The smallest absolute Gasteiger partial charge is 0.155 e. The maximum absolute atomic E-state index is 11.6. The van der Waals surface area contributed by atoms with Crippen molar-refractivity contribution in [2.24, 2.45) is 23.7 Å². The van der Waals surface area contributed by atoms with Gasteiger partial charge in [-0.1, -0.05) is 27.3 Å². The molecule has 0 amide bonds. The summed E-state index contributed by atoms with van der Waals surface area (Å²) in [5.74, 6) is 4.32. The van der Waals surface area contributed by atoms with E-state index in [1.165, 1.54) is 32.6 Å². The Hall–Kier alpha value is -0.490. The van der Waals surface area contributed by atoms with E-state index >= 15 is 0 Å². The Labute approximate surface area is 148 Å². The molecular formula is C21H33O2P. The number of carbonyl (C=O) groups excluding carboxylic acids is 2. The molecule has 4 fully saturated rings. The largest absolute Gasteiger partial charge is 0.304 e. The van der Waals surface area contributed by atoms with Crippen molar-refractivity contribution < 1.29 is 9.59 Å². The van der Waals surface area contributed by atoms with Gasteiger partial charge in [0.25, 0.3) is 0 Å². The number of allylic oxidation sites excluding steroid dienone is 2. The third-order valence-electron chi connectivity index (χ3n) is 7.18. The number of carbonyl (C=O) groups is 2. The van der Waals surface area contributed by atoms with Gasteiger partial charge in [0.15, 0.2) is 5.78 Å². The van der Waals surface area contributed by atoms with E-state index in [4.69, 9.17) is 4.79 Å². The first kappa shape index (κ1) is 18.3. The summed E-state index contributed by atoms with van der Waals surface area (Å²) in [5.41, 5.74) is 1.55. The van der Waals surface area contributed by atoms with Crippen molar-refractivity contribution >= 4 is 20.0 Å². The molecule has 0 bridgehead atoms. The van der Waals surface area contributed by atoms with Gasteiger partial charge in [0, 0.05) is 6.42 Å². The lowest BCUT2D eigenvalue weighted by molar-refractivity contribution is -0.115. The summed E-state index contributed by atoms with van der Waals surface area (Å²) in [7, 11) is 0.496. The van der Waals surface area contributed by atoms with Crippen molar-refractivity contribution in [3.05, 3.63) is 11.6 Å². The van der Waals surface area contributed by atoms with Gasteiger partial charge in [0.1, 0.15) is 6.29 Å². The van der Waals surface area contributed by atoms with Crippen LogP contribution in [0.2, 0.25) is 0 Å². The van der Waals surface area contributed by atoms with Crippen LogP contribution in [0.5, 0.6) is 0 Å². The molecule has 24 heavy (non-hydrogen) atoms. The van der Waals surface area contributed by atoms with Crippen LogP contribution in [0, 0.1) is 23.7 Å². The van der Waals surface area contributed by atoms with E-state index in [1.54, 1.807) is 30.7 Å². The van der Waals surface area contributed by atoms with Gasteiger partial charge in [-0.05, 0) is 92.7 Å². The average Bonchev–Trinajstić information content (AvgIpc) is 3.18. The minimum atomic E-state index is 0.406. The van der Waals surface area contributed by atoms with Gasteiger partial charge < -0.3 is 4.79 Å². The van der Waals surface area contributed by atoms with Crippen molar-refractivity contribution in [2.75, 3.05) is 12.3 Å². The lowest BCUT2D eigenvalue weighted by Gasteiger charge is -2.50. The molecule has 2 saturated heterocycles. The van der Waals surface area contributed by atoms with Crippen molar-refractivity contribution in [3.8, 4) is 0 Å². The number of ketones is 1. The molecule has 0 aromatic carbocycles. The lowest BCUT2D eigenvalue weighted by Crippen LogP contribution is -2.44. The van der Waals surface area contributed by atoms with Gasteiger partial charge in [-0.2, -0.15) is 0 Å². The lowest BCUT2D eigenvalue weighted by atomic mass is 9.55. The van der Waals surface area contributed by atoms with Crippen LogP contribution in [0.4, 0.5) is 0 Å². The van der Waals surface area contributed by atoms with Crippen LogP contribution in [0.15, 0.2) is 11.6 Å². The Morgan fingerprint density at radius 3 is 2.58 bits per heavy atom. The fourth-order valence-corrected chi connectivity index (χ4v) is 10.1. The van der Waals surface area contributed by atoms with Gasteiger partial charge in [-0.25, -0.2) is 0 Å². The predicted octanol–water partition coefficient (Wildman–Crippen LogP) is 5.20. The molecule has 1 spiro atoms. The van der Waals surface area contributed by atoms with Crippen molar-refractivity contribution in [1.82, 2.24) is 0 Å². The Balaban J connectivity index is 0.000000308. The fourth-order valence-electron chi connectivity index (χ4n) is 6.34. The molecule has 0 aromatic heterocycles. The molecule has 3 aliphatic carbocycles. The van der Waals surface area contributed by atoms with E-state index in [0.717, 1.165) is 41.5 Å². The van der Waals surface area contributed by atoms with Crippen molar-refractivity contribution in [1.29, 1.82) is 0 Å². The molecule has 6 atom stereocenters. The highest BCUT2D eigenvalue weighted by Crippen LogP contribution is 2.82. The second-order valence-electron chi connectivity index (χ2n) is 7.89.